The quantitative estimate of drug-likeness (QED) is 0.701. The summed E-state index contributed by atoms with van der Waals surface area (Å²) in [6, 6.07) is 0. The van der Waals surface area contributed by atoms with Crippen molar-refractivity contribution in [2.75, 3.05) is 11.5 Å². The molecular weight excluding hydrogens is 206 g/mol. The van der Waals surface area contributed by atoms with E-state index in [2.05, 4.69) is 10.1 Å². The lowest BCUT2D eigenvalue weighted by atomic mass is 10.6. The number of aliphatic hydroxyl groups is 1. The van der Waals surface area contributed by atoms with Gasteiger partial charge in [-0.1, -0.05) is 6.92 Å². The number of aromatic nitrogens is 3. The van der Waals surface area contributed by atoms with E-state index in [0.29, 0.717) is 5.82 Å². The van der Waals surface area contributed by atoms with Crippen LogP contribution in [0.3, 0.4) is 0 Å². The van der Waals surface area contributed by atoms with Crippen LogP contribution in [0.1, 0.15) is 12.7 Å². The highest BCUT2D eigenvalue weighted by molar-refractivity contribution is 7.91. The second-order valence-electron chi connectivity index (χ2n) is 2.79. The number of nitrogens with zero attached hydrogens (tertiary/aromatic N) is 3. The zero-order chi connectivity index (χ0) is 10.6. The van der Waals surface area contributed by atoms with Crippen molar-refractivity contribution in [2.24, 2.45) is 0 Å². The molecule has 80 valence electrons. The minimum Gasteiger partial charge on any atom is -0.388 e. The van der Waals surface area contributed by atoms with Crippen LogP contribution in [0.2, 0.25) is 0 Å². The summed E-state index contributed by atoms with van der Waals surface area (Å²) in [4.78, 5) is 3.77. The summed E-state index contributed by atoms with van der Waals surface area (Å²) in [5.41, 5.74) is 0. The Labute approximate surface area is 82.5 Å². The lowest BCUT2D eigenvalue weighted by Gasteiger charge is -2.03. The number of aryl methyl sites for hydroxylation is 1. The second kappa shape index (κ2) is 4.52. The third kappa shape index (κ3) is 2.78. The average molecular weight is 219 g/mol. The van der Waals surface area contributed by atoms with Crippen LogP contribution in [0.4, 0.5) is 0 Å². The van der Waals surface area contributed by atoms with Crippen LogP contribution in [0.25, 0.3) is 0 Å². The molecule has 0 radical (unpaired) electrons. The minimum absolute atomic E-state index is 0.0276. The fourth-order valence-electron chi connectivity index (χ4n) is 0.967. The Morgan fingerprint density at radius 1 is 1.57 bits per heavy atom. The van der Waals surface area contributed by atoms with Crippen LogP contribution in [-0.2, 0) is 23.0 Å². The fourth-order valence-corrected chi connectivity index (χ4v) is 1.71. The molecule has 1 heterocycles. The Bertz CT molecular complexity index is 385. The Morgan fingerprint density at radius 3 is 2.86 bits per heavy atom. The zero-order valence-corrected chi connectivity index (χ0v) is 8.74. The molecule has 0 saturated carbocycles. The van der Waals surface area contributed by atoms with Gasteiger partial charge < -0.3 is 5.11 Å². The highest BCUT2D eigenvalue weighted by Gasteiger charge is 2.09. The van der Waals surface area contributed by atoms with E-state index < -0.39 is 9.84 Å². The molecule has 0 unspecified atom stereocenters. The van der Waals surface area contributed by atoms with E-state index in [4.69, 9.17) is 5.11 Å². The molecule has 0 bridgehead atoms. The maximum absolute atomic E-state index is 11.2. The summed E-state index contributed by atoms with van der Waals surface area (Å²) in [5, 5.41) is 12.6. The van der Waals surface area contributed by atoms with Crippen molar-refractivity contribution < 1.29 is 13.5 Å². The Kier molecular flexibility index (Phi) is 3.59. The number of aliphatic hydroxyl groups excluding tert-OH is 1. The summed E-state index contributed by atoms with van der Waals surface area (Å²) < 4.78 is 23.7. The molecular formula is C7H13N3O3S. The number of sulfone groups is 1. The molecule has 1 rings (SSSR count). The summed E-state index contributed by atoms with van der Waals surface area (Å²) >= 11 is 0. The van der Waals surface area contributed by atoms with Gasteiger partial charge in [0, 0.05) is 5.75 Å². The van der Waals surface area contributed by atoms with E-state index in [1.54, 1.807) is 6.92 Å². The molecule has 1 N–H and O–H groups in total. The summed E-state index contributed by atoms with van der Waals surface area (Å²) in [6.45, 7) is 1.61. The maximum Gasteiger partial charge on any atom is 0.152 e. The first kappa shape index (κ1) is 11.1. The number of hydrogen-bond donors (Lipinski definition) is 1. The van der Waals surface area contributed by atoms with E-state index in [0.717, 1.165) is 0 Å². The van der Waals surface area contributed by atoms with Gasteiger partial charge in [-0.15, -0.1) is 0 Å². The van der Waals surface area contributed by atoms with E-state index in [-0.39, 0.29) is 24.7 Å². The van der Waals surface area contributed by atoms with Crippen LogP contribution in [0.15, 0.2) is 6.33 Å². The van der Waals surface area contributed by atoms with Gasteiger partial charge in [0.25, 0.3) is 0 Å². The molecule has 1 aromatic rings. The van der Waals surface area contributed by atoms with E-state index in [1.165, 1.54) is 11.0 Å². The van der Waals surface area contributed by atoms with E-state index >= 15 is 0 Å². The lowest BCUT2D eigenvalue weighted by molar-refractivity contribution is 0.263. The third-order valence-electron chi connectivity index (χ3n) is 1.89. The van der Waals surface area contributed by atoms with Crippen molar-refractivity contribution >= 4 is 9.84 Å². The SMILES string of the molecule is CCS(=O)(=O)CCn1ncnc1CO. The van der Waals surface area contributed by atoms with Crippen LogP contribution < -0.4 is 0 Å². The maximum atomic E-state index is 11.2. The summed E-state index contributed by atoms with van der Waals surface area (Å²) in [7, 11) is -2.99. The van der Waals surface area contributed by atoms with Gasteiger partial charge in [-0.25, -0.2) is 18.1 Å². The first-order chi connectivity index (χ1) is 6.59. The lowest BCUT2D eigenvalue weighted by Crippen LogP contribution is -2.17. The van der Waals surface area contributed by atoms with Gasteiger partial charge >= 0.3 is 0 Å². The van der Waals surface area contributed by atoms with Crippen LogP contribution >= 0.6 is 0 Å². The predicted molar refractivity (Wildman–Crippen MR) is 50.3 cm³/mol. The number of hydrogen-bond acceptors (Lipinski definition) is 5. The van der Waals surface area contributed by atoms with E-state index in [9.17, 15) is 8.42 Å². The second-order valence-corrected chi connectivity index (χ2v) is 5.27. The molecule has 6 nitrogen and oxygen atoms in total. The monoisotopic (exact) mass is 219 g/mol. The highest BCUT2D eigenvalue weighted by Crippen LogP contribution is 1.96. The van der Waals surface area contributed by atoms with Gasteiger partial charge in [0.1, 0.15) is 12.9 Å². The highest BCUT2D eigenvalue weighted by atomic mass is 32.2. The Hall–Kier alpha value is -0.950. The fraction of sp³-hybridized carbons (Fsp3) is 0.714. The van der Waals surface area contributed by atoms with Gasteiger partial charge in [-0.2, -0.15) is 5.10 Å². The first-order valence-corrected chi connectivity index (χ1v) is 6.09. The standard InChI is InChI=1S/C7H13N3O3S/c1-2-14(12,13)4-3-10-7(5-11)8-6-9-10/h6,11H,2-5H2,1H3. The van der Waals surface area contributed by atoms with Gasteiger partial charge in [0.2, 0.25) is 0 Å². The molecule has 0 aromatic carbocycles. The molecule has 0 fully saturated rings. The molecule has 0 atom stereocenters. The predicted octanol–water partition coefficient (Wildman–Crippen LogP) is -0.795. The molecule has 0 aliphatic carbocycles. The smallest absolute Gasteiger partial charge is 0.152 e. The minimum atomic E-state index is -2.99. The molecule has 0 spiro atoms. The van der Waals surface area contributed by atoms with Crippen molar-refractivity contribution in [2.45, 2.75) is 20.1 Å². The topological polar surface area (TPSA) is 85.1 Å². The van der Waals surface area contributed by atoms with Crippen molar-refractivity contribution in [1.82, 2.24) is 14.8 Å². The zero-order valence-electron chi connectivity index (χ0n) is 7.92. The molecule has 0 amide bonds. The normalized spacial score (nSPS) is 11.9. The first-order valence-electron chi connectivity index (χ1n) is 4.27. The molecule has 0 saturated heterocycles. The Morgan fingerprint density at radius 2 is 2.29 bits per heavy atom. The molecule has 7 heteroatoms. The van der Waals surface area contributed by atoms with Crippen molar-refractivity contribution in [3.8, 4) is 0 Å². The molecule has 0 aliphatic rings. The van der Waals surface area contributed by atoms with Gasteiger partial charge in [-0.3, -0.25) is 0 Å². The Balaban J connectivity index is 2.62. The van der Waals surface area contributed by atoms with Crippen molar-refractivity contribution in [1.29, 1.82) is 0 Å². The largest absolute Gasteiger partial charge is 0.388 e. The molecule has 14 heavy (non-hydrogen) atoms. The van der Waals surface area contributed by atoms with Crippen LogP contribution in [0.5, 0.6) is 0 Å². The van der Waals surface area contributed by atoms with Crippen molar-refractivity contribution in [3.05, 3.63) is 12.2 Å². The van der Waals surface area contributed by atoms with E-state index in [1.807, 2.05) is 0 Å². The van der Waals surface area contributed by atoms with Crippen molar-refractivity contribution in [3.63, 3.8) is 0 Å². The van der Waals surface area contributed by atoms with Gasteiger partial charge in [0.05, 0.1) is 12.3 Å². The summed E-state index contributed by atoms with van der Waals surface area (Å²) in [5.74, 6) is 0.534. The van der Waals surface area contributed by atoms with Crippen LogP contribution in [0, 0.1) is 0 Å². The van der Waals surface area contributed by atoms with Gasteiger partial charge in [0.15, 0.2) is 15.7 Å². The third-order valence-corrected chi connectivity index (χ3v) is 3.58. The number of rotatable bonds is 5. The summed E-state index contributed by atoms with van der Waals surface area (Å²) in [6.07, 6.45) is 1.30. The van der Waals surface area contributed by atoms with Gasteiger partial charge in [-0.05, 0) is 0 Å². The molecule has 1 aromatic heterocycles. The van der Waals surface area contributed by atoms with Crippen LogP contribution in [-0.4, -0.2) is 39.8 Å². The molecule has 0 aliphatic heterocycles. The average Bonchev–Trinajstić information content (AvgIpc) is 2.62.